The molecule has 0 atom stereocenters. The number of carbonyl (C=O) groups excluding carboxylic acids is 1. The first-order valence-corrected chi connectivity index (χ1v) is 6.94. The number of phenols is 1. The Morgan fingerprint density at radius 3 is 2.50 bits per heavy atom. The van der Waals surface area contributed by atoms with Crippen LogP contribution < -0.4 is 10.1 Å². The quantitative estimate of drug-likeness (QED) is 0.771. The molecule has 0 saturated heterocycles. The number of fused-ring (bicyclic) bond motifs is 1. The van der Waals surface area contributed by atoms with Gasteiger partial charge in [0.05, 0.1) is 0 Å². The van der Waals surface area contributed by atoms with E-state index >= 15 is 0 Å². The van der Waals surface area contributed by atoms with E-state index in [0.717, 1.165) is 10.9 Å². The Kier molecular flexibility index (Phi) is 3.92. The molecule has 4 heteroatoms. The zero-order valence-electron chi connectivity index (χ0n) is 11.8. The van der Waals surface area contributed by atoms with Crippen molar-refractivity contribution in [1.29, 1.82) is 0 Å². The Morgan fingerprint density at radius 1 is 0.955 bits per heavy atom. The van der Waals surface area contributed by atoms with E-state index in [1.165, 1.54) is 0 Å². The van der Waals surface area contributed by atoms with E-state index < -0.39 is 6.09 Å². The molecule has 22 heavy (non-hydrogen) atoms. The lowest BCUT2D eigenvalue weighted by Crippen LogP contribution is -2.26. The molecule has 2 N–H and O–H groups in total. The van der Waals surface area contributed by atoms with Crippen molar-refractivity contribution in [2.75, 3.05) is 0 Å². The van der Waals surface area contributed by atoms with Gasteiger partial charge in [-0.2, -0.15) is 0 Å². The molecule has 0 bridgehead atoms. The number of aromatic hydroxyl groups is 1. The average Bonchev–Trinajstić information content (AvgIpc) is 2.57. The van der Waals surface area contributed by atoms with E-state index in [-0.39, 0.29) is 11.5 Å². The number of hydrogen-bond donors (Lipinski definition) is 2. The SMILES string of the molecule is O=C(NCc1ccccc1)Oc1ccc2ccccc2c1O. The molecule has 3 aromatic rings. The largest absolute Gasteiger partial charge is 0.504 e. The van der Waals surface area contributed by atoms with Gasteiger partial charge in [-0.05, 0) is 17.0 Å². The lowest BCUT2D eigenvalue weighted by Gasteiger charge is -2.09. The maximum atomic E-state index is 11.8. The van der Waals surface area contributed by atoms with Gasteiger partial charge in [-0.25, -0.2) is 4.79 Å². The Morgan fingerprint density at radius 2 is 1.68 bits per heavy atom. The highest BCUT2D eigenvalue weighted by Gasteiger charge is 2.11. The summed E-state index contributed by atoms with van der Waals surface area (Å²) in [7, 11) is 0. The van der Waals surface area contributed by atoms with Gasteiger partial charge >= 0.3 is 6.09 Å². The summed E-state index contributed by atoms with van der Waals surface area (Å²) in [5.41, 5.74) is 0.974. The molecule has 4 nitrogen and oxygen atoms in total. The van der Waals surface area contributed by atoms with E-state index in [1.807, 2.05) is 48.5 Å². The summed E-state index contributed by atoms with van der Waals surface area (Å²) in [4.78, 5) is 11.8. The molecule has 0 aliphatic carbocycles. The maximum absolute atomic E-state index is 11.8. The van der Waals surface area contributed by atoms with Gasteiger partial charge in [-0.1, -0.05) is 60.7 Å². The zero-order valence-corrected chi connectivity index (χ0v) is 11.8. The standard InChI is InChI=1S/C18H15NO3/c20-17-15-9-5-4-8-14(15)10-11-16(17)22-18(21)19-12-13-6-2-1-3-7-13/h1-11,20H,12H2,(H,19,21). The van der Waals surface area contributed by atoms with Crippen LogP contribution in [0.5, 0.6) is 11.5 Å². The summed E-state index contributed by atoms with van der Waals surface area (Å²) in [6.07, 6.45) is -0.602. The van der Waals surface area contributed by atoms with Gasteiger partial charge in [0, 0.05) is 11.9 Å². The minimum Gasteiger partial charge on any atom is -0.504 e. The van der Waals surface area contributed by atoms with Crippen molar-refractivity contribution < 1.29 is 14.6 Å². The first-order chi connectivity index (χ1) is 10.7. The summed E-state index contributed by atoms with van der Waals surface area (Å²) in [5, 5.41) is 14.4. The molecule has 3 rings (SSSR count). The van der Waals surface area contributed by atoms with Crippen LogP contribution in [-0.2, 0) is 6.54 Å². The normalized spacial score (nSPS) is 10.4. The van der Waals surface area contributed by atoms with Crippen molar-refractivity contribution in [3.05, 3.63) is 72.3 Å². The highest BCUT2D eigenvalue weighted by atomic mass is 16.6. The molecule has 0 saturated carbocycles. The summed E-state index contributed by atoms with van der Waals surface area (Å²) in [5.74, 6) is 0.109. The van der Waals surface area contributed by atoms with E-state index in [0.29, 0.717) is 11.9 Å². The van der Waals surface area contributed by atoms with Gasteiger partial charge in [-0.15, -0.1) is 0 Å². The fraction of sp³-hybridized carbons (Fsp3) is 0.0556. The second-order valence-electron chi connectivity index (χ2n) is 4.86. The average molecular weight is 293 g/mol. The first kappa shape index (κ1) is 13.9. The molecule has 0 aromatic heterocycles. The van der Waals surface area contributed by atoms with Crippen LogP contribution in [0.1, 0.15) is 5.56 Å². The van der Waals surface area contributed by atoms with E-state index in [2.05, 4.69) is 5.32 Å². The Balaban J connectivity index is 1.70. The highest BCUT2D eigenvalue weighted by molar-refractivity contribution is 5.91. The van der Waals surface area contributed by atoms with Crippen LogP contribution in [0.2, 0.25) is 0 Å². The molecular formula is C18H15NO3. The monoisotopic (exact) mass is 293 g/mol. The second-order valence-corrected chi connectivity index (χ2v) is 4.86. The van der Waals surface area contributed by atoms with Crippen LogP contribution in [0.15, 0.2) is 66.7 Å². The molecule has 0 radical (unpaired) electrons. The van der Waals surface area contributed by atoms with Gasteiger partial charge in [0.15, 0.2) is 11.5 Å². The number of ether oxygens (including phenoxy) is 1. The van der Waals surface area contributed by atoms with Gasteiger partial charge in [0.25, 0.3) is 0 Å². The topological polar surface area (TPSA) is 58.6 Å². The lowest BCUT2D eigenvalue weighted by atomic mass is 10.1. The molecule has 0 aliphatic rings. The minimum atomic E-state index is -0.602. The number of phenolic OH excluding ortho intramolecular Hbond substituents is 1. The molecule has 0 aliphatic heterocycles. The minimum absolute atomic E-state index is 0.0343. The third-order valence-electron chi connectivity index (χ3n) is 3.35. The number of hydrogen-bond acceptors (Lipinski definition) is 3. The van der Waals surface area contributed by atoms with Gasteiger partial charge in [0.1, 0.15) is 0 Å². The molecule has 1 amide bonds. The van der Waals surface area contributed by atoms with Crippen molar-refractivity contribution in [3.63, 3.8) is 0 Å². The zero-order chi connectivity index (χ0) is 15.4. The fourth-order valence-corrected chi connectivity index (χ4v) is 2.22. The predicted octanol–water partition coefficient (Wildman–Crippen LogP) is 3.83. The van der Waals surface area contributed by atoms with E-state index in [1.54, 1.807) is 18.2 Å². The summed E-state index contributed by atoms with van der Waals surface area (Å²) < 4.78 is 5.17. The number of benzene rings is 3. The Hall–Kier alpha value is -3.01. The van der Waals surface area contributed by atoms with Crippen LogP contribution in [0, 0.1) is 0 Å². The first-order valence-electron chi connectivity index (χ1n) is 6.94. The van der Waals surface area contributed by atoms with Crippen LogP contribution in [0.25, 0.3) is 10.8 Å². The molecule has 0 fully saturated rings. The van der Waals surface area contributed by atoms with E-state index in [9.17, 15) is 9.90 Å². The van der Waals surface area contributed by atoms with Crippen LogP contribution in [0.4, 0.5) is 4.79 Å². The van der Waals surface area contributed by atoms with Crippen molar-refractivity contribution in [2.24, 2.45) is 0 Å². The maximum Gasteiger partial charge on any atom is 0.413 e. The fourth-order valence-electron chi connectivity index (χ4n) is 2.22. The van der Waals surface area contributed by atoms with Gasteiger partial charge < -0.3 is 15.2 Å². The smallest absolute Gasteiger partial charge is 0.413 e. The lowest BCUT2D eigenvalue weighted by molar-refractivity contribution is 0.198. The van der Waals surface area contributed by atoms with Crippen molar-refractivity contribution in [1.82, 2.24) is 5.32 Å². The molecular weight excluding hydrogens is 278 g/mol. The van der Waals surface area contributed by atoms with Crippen molar-refractivity contribution in [3.8, 4) is 11.5 Å². The van der Waals surface area contributed by atoms with Crippen LogP contribution in [-0.4, -0.2) is 11.2 Å². The van der Waals surface area contributed by atoms with Crippen LogP contribution in [0.3, 0.4) is 0 Å². The molecule has 3 aromatic carbocycles. The third kappa shape index (κ3) is 3.01. The predicted molar refractivity (Wildman–Crippen MR) is 84.9 cm³/mol. The van der Waals surface area contributed by atoms with Crippen molar-refractivity contribution in [2.45, 2.75) is 6.54 Å². The van der Waals surface area contributed by atoms with Gasteiger partial charge in [0.2, 0.25) is 0 Å². The van der Waals surface area contributed by atoms with Crippen molar-refractivity contribution >= 4 is 16.9 Å². The Bertz CT molecular complexity index is 800. The van der Waals surface area contributed by atoms with E-state index in [4.69, 9.17) is 4.74 Å². The molecule has 0 heterocycles. The molecule has 0 spiro atoms. The summed E-state index contributed by atoms with van der Waals surface area (Å²) in [6, 6.07) is 20.3. The number of rotatable bonds is 3. The molecule has 0 unspecified atom stereocenters. The Labute approximate surface area is 128 Å². The van der Waals surface area contributed by atoms with Gasteiger partial charge in [-0.3, -0.25) is 0 Å². The highest BCUT2D eigenvalue weighted by Crippen LogP contribution is 2.34. The third-order valence-corrected chi connectivity index (χ3v) is 3.35. The number of carbonyl (C=O) groups is 1. The summed E-state index contributed by atoms with van der Waals surface area (Å²) in [6.45, 7) is 0.369. The summed E-state index contributed by atoms with van der Waals surface area (Å²) >= 11 is 0. The number of amides is 1. The number of nitrogens with one attached hydrogen (secondary N) is 1. The second kappa shape index (κ2) is 6.18. The molecule has 110 valence electrons. The van der Waals surface area contributed by atoms with Crippen LogP contribution >= 0.6 is 0 Å².